The number of nitrogens with zero attached hydrogens (tertiary/aromatic N) is 1. The molecule has 1 amide bonds. The maximum absolute atomic E-state index is 13.9. The van der Waals surface area contributed by atoms with Gasteiger partial charge >= 0.3 is 0 Å². The molecule has 8 nitrogen and oxygen atoms in total. The number of halogens is 2. The zero-order chi connectivity index (χ0) is 28.5. The number of benzene rings is 3. The molecule has 0 saturated heterocycles. The highest BCUT2D eigenvalue weighted by Gasteiger charge is 2.53. The van der Waals surface area contributed by atoms with Crippen LogP contribution in [0, 0.1) is 0 Å². The Labute approximate surface area is 243 Å². The van der Waals surface area contributed by atoms with E-state index in [4.69, 9.17) is 47.5 Å². The molecule has 3 aromatic carbocycles. The number of hydrogen-bond acceptors (Lipinski definition) is 7. The van der Waals surface area contributed by atoms with Gasteiger partial charge in [-0.25, -0.2) is 10.4 Å². The molecule has 0 fully saturated rings. The summed E-state index contributed by atoms with van der Waals surface area (Å²) in [5, 5.41) is 9.79. The number of carbonyl (C=O) groups excluding carboxylic acids is 1. The van der Waals surface area contributed by atoms with Crippen LogP contribution >= 0.6 is 23.2 Å². The molecule has 1 heterocycles. The minimum Gasteiger partial charge on any atom is -0.496 e. The Morgan fingerprint density at radius 1 is 1.18 bits per heavy atom. The highest BCUT2D eigenvalue weighted by atomic mass is 35.5. The van der Waals surface area contributed by atoms with Crippen LogP contribution in [-0.4, -0.2) is 42.8 Å². The van der Waals surface area contributed by atoms with Gasteiger partial charge in [-0.2, -0.15) is 0 Å². The summed E-state index contributed by atoms with van der Waals surface area (Å²) in [6.45, 7) is 4.65. The van der Waals surface area contributed by atoms with Crippen molar-refractivity contribution in [3.63, 3.8) is 0 Å². The van der Waals surface area contributed by atoms with E-state index in [9.17, 15) is 4.79 Å². The Hall–Kier alpha value is -3.56. The number of aliphatic imine (C=N–C) groups is 1. The third-order valence-corrected chi connectivity index (χ3v) is 6.97. The van der Waals surface area contributed by atoms with E-state index in [0.29, 0.717) is 52.2 Å². The zero-order valence-electron chi connectivity index (χ0n) is 22.0. The van der Waals surface area contributed by atoms with Crippen LogP contribution in [0.4, 0.5) is 0 Å². The van der Waals surface area contributed by atoms with E-state index in [0.717, 1.165) is 5.56 Å². The highest BCUT2D eigenvalue weighted by Crippen LogP contribution is 2.45. The number of para-hydroxylation sites is 1. The minimum absolute atomic E-state index is 0.0541. The van der Waals surface area contributed by atoms with Crippen LogP contribution < -0.4 is 20.3 Å². The number of amides is 1. The molecule has 0 aliphatic carbocycles. The standard InChI is InChI=1S/C30H31Cl2N3O5/c1-3-15-30(29(37)35-33-19-21-7-4-5-8-26(21)38-2)27(24-14-11-22(31)18-25(24)32)40-28(34-30)20-9-12-23(13-10-20)39-17-6-16-36/h3-5,7-14,18,27,33,36H,1,6,15-17,19H2,2H3,(H,35,37)/t27-,30-/m0/s1. The van der Waals surface area contributed by atoms with E-state index in [1.165, 1.54) is 0 Å². The van der Waals surface area contributed by atoms with Gasteiger partial charge in [-0.15, -0.1) is 6.58 Å². The van der Waals surface area contributed by atoms with E-state index in [-0.39, 0.29) is 18.9 Å². The van der Waals surface area contributed by atoms with E-state index in [2.05, 4.69) is 17.4 Å². The van der Waals surface area contributed by atoms with Gasteiger partial charge in [-0.3, -0.25) is 10.2 Å². The predicted octanol–water partition coefficient (Wildman–Crippen LogP) is 5.42. The maximum Gasteiger partial charge on any atom is 0.266 e. The number of rotatable bonds is 13. The molecule has 0 saturated carbocycles. The van der Waals surface area contributed by atoms with Crippen molar-refractivity contribution >= 4 is 35.0 Å². The van der Waals surface area contributed by atoms with Gasteiger partial charge in [0.15, 0.2) is 11.6 Å². The van der Waals surface area contributed by atoms with Crippen LogP contribution in [0.2, 0.25) is 10.0 Å². The summed E-state index contributed by atoms with van der Waals surface area (Å²) in [7, 11) is 1.59. The Balaban J connectivity index is 1.65. The molecule has 10 heteroatoms. The number of ether oxygens (including phenoxy) is 3. The number of aliphatic hydroxyl groups excluding tert-OH is 1. The number of nitrogens with one attached hydrogen (secondary N) is 2. The molecule has 0 radical (unpaired) electrons. The van der Waals surface area contributed by atoms with Gasteiger partial charge in [-0.05, 0) is 42.5 Å². The summed E-state index contributed by atoms with van der Waals surface area (Å²) in [6.07, 6.45) is 1.47. The molecule has 0 aromatic heterocycles. The van der Waals surface area contributed by atoms with Gasteiger partial charge in [0.25, 0.3) is 5.91 Å². The van der Waals surface area contributed by atoms with Crippen molar-refractivity contribution < 1.29 is 24.1 Å². The lowest BCUT2D eigenvalue weighted by Gasteiger charge is -2.30. The molecule has 2 atom stereocenters. The van der Waals surface area contributed by atoms with Gasteiger partial charge in [0.2, 0.25) is 5.90 Å². The van der Waals surface area contributed by atoms with Gasteiger partial charge in [0.05, 0.1) is 13.7 Å². The lowest BCUT2D eigenvalue weighted by atomic mass is 9.84. The van der Waals surface area contributed by atoms with Gasteiger partial charge in [0.1, 0.15) is 11.5 Å². The van der Waals surface area contributed by atoms with Crippen molar-refractivity contribution in [2.75, 3.05) is 20.3 Å². The second-order valence-electron chi connectivity index (χ2n) is 9.07. The first-order valence-corrected chi connectivity index (χ1v) is 13.5. The first-order valence-electron chi connectivity index (χ1n) is 12.7. The van der Waals surface area contributed by atoms with Gasteiger partial charge in [0, 0.05) is 52.7 Å². The Morgan fingerprint density at radius 2 is 1.95 bits per heavy atom. The summed E-state index contributed by atoms with van der Waals surface area (Å²) in [5.41, 5.74) is 6.47. The molecule has 0 spiro atoms. The van der Waals surface area contributed by atoms with Crippen LogP contribution in [0.5, 0.6) is 11.5 Å². The van der Waals surface area contributed by atoms with Crippen LogP contribution in [0.1, 0.15) is 35.6 Å². The molecule has 1 aliphatic rings. The molecule has 40 heavy (non-hydrogen) atoms. The van der Waals surface area contributed by atoms with Crippen molar-refractivity contribution in [3.05, 3.63) is 106 Å². The van der Waals surface area contributed by atoms with Crippen LogP contribution in [-0.2, 0) is 16.1 Å². The van der Waals surface area contributed by atoms with Crippen molar-refractivity contribution in [1.82, 2.24) is 10.9 Å². The molecular formula is C30H31Cl2N3O5. The lowest BCUT2D eigenvalue weighted by molar-refractivity contribution is -0.129. The van der Waals surface area contributed by atoms with E-state index in [1.54, 1.807) is 55.7 Å². The summed E-state index contributed by atoms with van der Waals surface area (Å²) >= 11 is 12.8. The van der Waals surface area contributed by atoms with E-state index < -0.39 is 17.6 Å². The average molecular weight is 585 g/mol. The predicted molar refractivity (Wildman–Crippen MR) is 156 cm³/mol. The molecule has 3 aromatic rings. The second-order valence-corrected chi connectivity index (χ2v) is 9.91. The maximum atomic E-state index is 13.9. The molecule has 1 aliphatic heterocycles. The fourth-order valence-electron chi connectivity index (χ4n) is 4.40. The summed E-state index contributed by atoms with van der Waals surface area (Å²) < 4.78 is 17.4. The monoisotopic (exact) mass is 583 g/mol. The molecule has 210 valence electrons. The van der Waals surface area contributed by atoms with Gasteiger partial charge < -0.3 is 19.3 Å². The first kappa shape index (κ1) is 29.4. The highest BCUT2D eigenvalue weighted by molar-refractivity contribution is 6.35. The number of hydrogen-bond donors (Lipinski definition) is 3. The van der Waals surface area contributed by atoms with Crippen molar-refractivity contribution in [2.24, 2.45) is 4.99 Å². The third-order valence-electron chi connectivity index (χ3n) is 6.40. The topological polar surface area (TPSA) is 101 Å². The average Bonchev–Trinajstić information content (AvgIpc) is 3.34. The summed E-state index contributed by atoms with van der Waals surface area (Å²) in [4.78, 5) is 18.7. The quantitative estimate of drug-likeness (QED) is 0.141. The Kier molecular flexibility index (Phi) is 10.1. The minimum atomic E-state index is -1.42. The number of aliphatic hydroxyl groups is 1. The number of carbonyl (C=O) groups is 1. The normalized spacial score (nSPS) is 18.0. The van der Waals surface area contributed by atoms with Gasteiger partial charge in [-0.1, -0.05) is 53.5 Å². The van der Waals surface area contributed by atoms with Crippen LogP contribution in [0.15, 0.2) is 84.4 Å². The molecule has 4 rings (SSSR count). The molecule has 0 bridgehead atoms. The van der Waals surface area contributed by atoms with Crippen LogP contribution in [0.3, 0.4) is 0 Å². The van der Waals surface area contributed by atoms with E-state index >= 15 is 0 Å². The first-order chi connectivity index (χ1) is 19.4. The molecular weight excluding hydrogens is 553 g/mol. The smallest absolute Gasteiger partial charge is 0.266 e. The van der Waals surface area contributed by atoms with Crippen LogP contribution in [0.25, 0.3) is 0 Å². The Morgan fingerprint density at radius 3 is 2.65 bits per heavy atom. The molecule has 0 unspecified atom stereocenters. The van der Waals surface area contributed by atoms with E-state index in [1.807, 2.05) is 24.3 Å². The second kappa shape index (κ2) is 13.7. The van der Waals surface area contributed by atoms with Crippen molar-refractivity contribution in [2.45, 2.75) is 31.0 Å². The van der Waals surface area contributed by atoms with Crippen molar-refractivity contribution in [3.8, 4) is 11.5 Å². The van der Waals surface area contributed by atoms with Crippen molar-refractivity contribution in [1.29, 1.82) is 0 Å². The fraction of sp³-hybridized carbons (Fsp3) is 0.267. The summed E-state index contributed by atoms with van der Waals surface area (Å²) in [5.74, 6) is 1.20. The largest absolute Gasteiger partial charge is 0.496 e. The number of methoxy groups -OCH3 is 1. The summed E-state index contributed by atoms with van der Waals surface area (Å²) in [6, 6.07) is 19.7. The fourth-order valence-corrected chi connectivity index (χ4v) is 4.91. The zero-order valence-corrected chi connectivity index (χ0v) is 23.5. The third kappa shape index (κ3) is 6.59. The SMILES string of the molecule is C=CC[C@]1(C(=O)NNCc2ccccc2OC)N=C(c2ccc(OCCCO)cc2)O[C@H]1c1ccc(Cl)cc1Cl. The lowest BCUT2D eigenvalue weighted by Crippen LogP contribution is -2.52. The molecule has 3 N–H and O–H groups in total. The Bertz CT molecular complexity index is 1370. The number of hydrazine groups is 1.